The second-order valence-electron chi connectivity index (χ2n) is 8.90. The third-order valence-electron chi connectivity index (χ3n) is 6.43. The van der Waals surface area contributed by atoms with E-state index in [1.54, 1.807) is 25.1 Å². The van der Waals surface area contributed by atoms with Crippen LogP contribution >= 0.6 is 0 Å². The summed E-state index contributed by atoms with van der Waals surface area (Å²) in [5.41, 5.74) is 6.06. The molecular formula is C29H30N4O3. The summed E-state index contributed by atoms with van der Waals surface area (Å²) in [5, 5.41) is 9.81. The molecule has 0 aromatic heterocycles. The smallest absolute Gasteiger partial charge is 0.338 e. The monoisotopic (exact) mass is 482 g/mol. The van der Waals surface area contributed by atoms with Crippen LogP contribution in [0.2, 0.25) is 0 Å². The lowest BCUT2D eigenvalue weighted by molar-refractivity contribution is -0.110. The van der Waals surface area contributed by atoms with Gasteiger partial charge in [-0.1, -0.05) is 48.5 Å². The molecule has 2 aliphatic rings. The van der Waals surface area contributed by atoms with E-state index in [1.807, 2.05) is 30.3 Å². The molecule has 1 fully saturated rings. The minimum atomic E-state index is -0.408. The summed E-state index contributed by atoms with van der Waals surface area (Å²) < 4.78 is 5.11. The van der Waals surface area contributed by atoms with Crippen molar-refractivity contribution in [3.8, 4) is 0 Å². The van der Waals surface area contributed by atoms with E-state index in [0.29, 0.717) is 29.1 Å². The molecule has 0 radical (unpaired) electrons. The van der Waals surface area contributed by atoms with Gasteiger partial charge in [0.2, 0.25) is 0 Å². The highest BCUT2D eigenvalue weighted by Gasteiger charge is 2.29. The van der Waals surface area contributed by atoms with Gasteiger partial charge in [0.05, 0.1) is 29.1 Å². The molecule has 3 aromatic carbocycles. The van der Waals surface area contributed by atoms with Gasteiger partial charge in [0.1, 0.15) is 0 Å². The Kier molecular flexibility index (Phi) is 7.11. The lowest BCUT2D eigenvalue weighted by atomic mass is 9.99. The number of rotatable bonds is 7. The predicted octanol–water partition coefficient (Wildman–Crippen LogP) is 4.20. The molecular weight excluding hydrogens is 452 g/mol. The Morgan fingerprint density at radius 1 is 0.972 bits per heavy atom. The molecule has 0 unspecified atom stereocenters. The largest absolute Gasteiger partial charge is 0.462 e. The van der Waals surface area contributed by atoms with Crippen molar-refractivity contribution in [2.75, 3.05) is 43.4 Å². The van der Waals surface area contributed by atoms with E-state index in [2.05, 4.69) is 45.1 Å². The van der Waals surface area contributed by atoms with Crippen LogP contribution in [0.5, 0.6) is 0 Å². The maximum absolute atomic E-state index is 13.2. The lowest BCUT2D eigenvalue weighted by Crippen LogP contribution is -2.42. The number of carbonyl (C=O) groups is 2. The van der Waals surface area contributed by atoms with Crippen LogP contribution in [0.1, 0.15) is 34.0 Å². The normalized spacial score (nSPS) is 16.8. The molecule has 1 amide bonds. The van der Waals surface area contributed by atoms with Gasteiger partial charge in [0, 0.05) is 44.0 Å². The number of hydrogen-bond acceptors (Lipinski definition) is 6. The number of benzene rings is 3. The van der Waals surface area contributed by atoms with Gasteiger partial charge in [-0.25, -0.2) is 4.79 Å². The number of anilines is 2. The number of nitrogens with one attached hydrogen (secondary N) is 3. The zero-order chi connectivity index (χ0) is 24.9. The second-order valence-corrected chi connectivity index (χ2v) is 8.90. The van der Waals surface area contributed by atoms with Crippen LogP contribution in [0.4, 0.5) is 11.4 Å². The first-order chi connectivity index (χ1) is 17.6. The van der Waals surface area contributed by atoms with Crippen LogP contribution in [0.3, 0.4) is 0 Å². The quantitative estimate of drug-likeness (QED) is 0.346. The van der Waals surface area contributed by atoms with Crippen LogP contribution < -0.4 is 16.0 Å². The van der Waals surface area contributed by atoms with Crippen molar-refractivity contribution >= 4 is 34.5 Å². The van der Waals surface area contributed by atoms with Gasteiger partial charge in [-0.2, -0.15) is 0 Å². The molecule has 36 heavy (non-hydrogen) atoms. The molecule has 0 atom stereocenters. The SMILES string of the molecule is CCOC(=O)c1ccc2c(c1)NC(=O)C2=C(Nc1ccc(CN2CCNCC2)cc1)c1ccccc1. The van der Waals surface area contributed by atoms with E-state index in [9.17, 15) is 9.59 Å². The fourth-order valence-electron chi connectivity index (χ4n) is 4.61. The fourth-order valence-corrected chi connectivity index (χ4v) is 4.61. The van der Waals surface area contributed by atoms with E-state index < -0.39 is 5.97 Å². The minimum absolute atomic E-state index is 0.215. The number of amides is 1. The molecule has 7 nitrogen and oxygen atoms in total. The molecule has 0 saturated carbocycles. The Morgan fingerprint density at radius 2 is 1.72 bits per heavy atom. The number of nitrogens with zero attached hydrogens (tertiary/aromatic N) is 1. The van der Waals surface area contributed by atoms with Gasteiger partial charge in [0.25, 0.3) is 5.91 Å². The van der Waals surface area contributed by atoms with E-state index in [0.717, 1.165) is 49.5 Å². The zero-order valence-electron chi connectivity index (χ0n) is 20.3. The standard InChI is InChI=1S/C29H30N4O3/c1-2-36-29(35)22-10-13-24-25(18-22)32-28(34)26(24)27(21-6-4-3-5-7-21)31-23-11-8-20(9-12-23)19-33-16-14-30-15-17-33/h3-13,18,30-31H,2,14-17,19H2,1H3,(H,32,34). The highest BCUT2D eigenvalue weighted by Crippen LogP contribution is 2.38. The van der Waals surface area contributed by atoms with Crippen molar-refractivity contribution in [3.05, 3.63) is 95.1 Å². The lowest BCUT2D eigenvalue weighted by Gasteiger charge is -2.27. The van der Waals surface area contributed by atoms with Crippen molar-refractivity contribution in [2.45, 2.75) is 13.5 Å². The molecule has 0 spiro atoms. The van der Waals surface area contributed by atoms with Crippen molar-refractivity contribution < 1.29 is 14.3 Å². The number of piperazine rings is 1. The highest BCUT2D eigenvalue weighted by molar-refractivity contribution is 6.37. The Bertz CT molecular complexity index is 1280. The van der Waals surface area contributed by atoms with Crippen LogP contribution in [0.25, 0.3) is 11.3 Å². The molecule has 3 N–H and O–H groups in total. The number of ether oxygens (including phenoxy) is 1. The summed E-state index contributed by atoms with van der Waals surface area (Å²) in [7, 11) is 0. The molecule has 0 aliphatic carbocycles. The van der Waals surface area contributed by atoms with Crippen molar-refractivity contribution in [2.24, 2.45) is 0 Å². The second kappa shape index (κ2) is 10.8. The van der Waals surface area contributed by atoms with E-state index in [-0.39, 0.29) is 5.91 Å². The van der Waals surface area contributed by atoms with Crippen LogP contribution in [0, 0.1) is 0 Å². The molecule has 3 aromatic rings. The van der Waals surface area contributed by atoms with Crippen LogP contribution in [-0.2, 0) is 16.1 Å². The maximum atomic E-state index is 13.2. The van der Waals surface area contributed by atoms with Crippen LogP contribution in [-0.4, -0.2) is 49.6 Å². The molecule has 7 heteroatoms. The number of hydrogen-bond donors (Lipinski definition) is 3. The summed E-state index contributed by atoms with van der Waals surface area (Å²) in [6.07, 6.45) is 0. The summed E-state index contributed by atoms with van der Waals surface area (Å²) >= 11 is 0. The maximum Gasteiger partial charge on any atom is 0.338 e. The number of carbonyl (C=O) groups excluding carboxylic acids is 2. The summed E-state index contributed by atoms with van der Waals surface area (Å²) in [4.78, 5) is 27.8. The third kappa shape index (κ3) is 5.17. The average Bonchev–Trinajstić information content (AvgIpc) is 3.24. The Balaban J connectivity index is 1.46. The summed E-state index contributed by atoms with van der Waals surface area (Å²) in [5.74, 6) is -0.623. The first-order valence-corrected chi connectivity index (χ1v) is 12.3. The summed E-state index contributed by atoms with van der Waals surface area (Å²) in [6, 6.07) is 23.3. The summed E-state index contributed by atoms with van der Waals surface area (Å²) in [6.45, 7) is 7.14. The van der Waals surface area contributed by atoms with Crippen molar-refractivity contribution in [1.82, 2.24) is 10.2 Å². The first-order valence-electron chi connectivity index (χ1n) is 12.3. The fraction of sp³-hybridized carbons (Fsp3) is 0.241. The topological polar surface area (TPSA) is 82.7 Å². The van der Waals surface area contributed by atoms with Crippen LogP contribution in [0.15, 0.2) is 72.8 Å². The molecule has 2 heterocycles. The predicted molar refractivity (Wildman–Crippen MR) is 142 cm³/mol. The number of esters is 1. The third-order valence-corrected chi connectivity index (χ3v) is 6.43. The minimum Gasteiger partial charge on any atom is -0.462 e. The molecule has 0 bridgehead atoms. The van der Waals surface area contributed by atoms with Gasteiger partial charge in [-0.15, -0.1) is 0 Å². The zero-order valence-corrected chi connectivity index (χ0v) is 20.3. The van der Waals surface area contributed by atoms with E-state index >= 15 is 0 Å². The molecule has 5 rings (SSSR count). The molecule has 2 aliphatic heterocycles. The van der Waals surface area contributed by atoms with Gasteiger partial charge < -0.3 is 20.7 Å². The molecule has 1 saturated heterocycles. The van der Waals surface area contributed by atoms with Crippen molar-refractivity contribution in [1.29, 1.82) is 0 Å². The van der Waals surface area contributed by atoms with Crippen molar-refractivity contribution in [3.63, 3.8) is 0 Å². The Hall–Kier alpha value is -3.94. The number of fused-ring (bicyclic) bond motifs is 1. The van der Waals surface area contributed by atoms with E-state index in [4.69, 9.17) is 4.74 Å². The Morgan fingerprint density at radius 3 is 2.44 bits per heavy atom. The molecule has 184 valence electrons. The first kappa shape index (κ1) is 23.8. The van der Waals surface area contributed by atoms with Gasteiger partial charge in [-0.3, -0.25) is 9.69 Å². The highest BCUT2D eigenvalue weighted by atomic mass is 16.5. The van der Waals surface area contributed by atoms with Gasteiger partial charge >= 0.3 is 5.97 Å². The Labute approximate surface area is 211 Å². The van der Waals surface area contributed by atoms with E-state index in [1.165, 1.54) is 5.56 Å². The van der Waals surface area contributed by atoms with Gasteiger partial charge in [0.15, 0.2) is 0 Å². The average molecular weight is 483 g/mol. The van der Waals surface area contributed by atoms with Gasteiger partial charge in [-0.05, 0) is 42.3 Å².